The summed E-state index contributed by atoms with van der Waals surface area (Å²) in [4.78, 5) is 2.38. The highest BCUT2D eigenvalue weighted by Crippen LogP contribution is 2.41. The SMILES string of the molecule is NCC1(N2CCOCC2)CCCOc2cc(F)ccc21. The lowest BCUT2D eigenvalue weighted by Crippen LogP contribution is -2.55. The predicted molar refractivity (Wildman–Crippen MR) is 74.3 cm³/mol. The fourth-order valence-corrected chi connectivity index (χ4v) is 3.34. The Balaban J connectivity index is 2.05. The van der Waals surface area contributed by atoms with Gasteiger partial charge in [-0.1, -0.05) is 6.07 Å². The van der Waals surface area contributed by atoms with Gasteiger partial charge >= 0.3 is 0 Å². The zero-order chi connectivity index (χ0) is 14.0. The number of halogens is 1. The van der Waals surface area contributed by atoms with Crippen molar-refractivity contribution in [3.8, 4) is 5.75 Å². The molecule has 0 amide bonds. The first kappa shape index (κ1) is 13.8. The van der Waals surface area contributed by atoms with Crippen molar-refractivity contribution in [2.75, 3.05) is 39.5 Å². The van der Waals surface area contributed by atoms with Crippen molar-refractivity contribution in [2.24, 2.45) is 5.73 Å². The van der Waals surface area contributed by atoms with Crippen molar-refractivity contribution < 1.29 is 13.9 Å². The Labute approximate surface area is 118 Å². The van der Waals surface area contributed by atoms with E-state index < -0.39 is 0 Å². The summed E-state index contributed by atoms with van der Waals surface area (Å²) >= 11 is 0. The molecule has 1 saturated heterocycles. The summed E-state index contributed by atoms with van der Waals surface area (Å²) in [5, 5.41) is 0. The molecule has 0 aromatic heterocycles. The Kier molecular flexibility index (Phi) is 3.92. The summed E-state index contributed by atoms with van der Waals surface area (Å²) in [6, 6.07) is 4.81. The second-order valence-electron chi connectivity index (χ2n) is 5.43. The number of nitrogens with two attached hydrogens (primary N) is 1. The number of fused-ring (bicyclic) bond motifs is 1. The van der Waals surface area contributed by atoms with Gasteiger partial charge in [0.05, 0.1) is 25.4 Å². The Morgan fingerprint density at radius 1 is 1.25 bits per heavy atom. The van der Waals surface area contributed by atoms with Crippen LogP contribution >= 0.6 is 0 Å². The predicted octanol–water partition coefficient (Wildman–Crippen LogP) is 1.48. The van der Waals surface area contributed by atoms with E-state index in [-0.39, 0.29) is 11.4 Å². The molecule has 2 aliphatic rings. The molecule has 5 heteroatoms. The lowest BCUT2D eigenvalue weighted by molar-refractivity contribution is -0.0252. The minimum absolute atomic E-state index is 0.261. The van der Waals surface area contributed by atoms with Crippen LogP contribution in [-0.4, -0.2) is 44.4 Å². The van der Waals surface area contributed by atoms with E-state index in [1.54, 1.807) is 0 Å². The largest absolute Gasteiger partial charge is 0.493 e. The third-order valence-corrected chi connectivity index (χ3v) is 4.39. The average molecular weight is 280 g/mol. The molecule has 0 bridgehead atoms. The van der Waals surface area contributed by atoms with Crippen molar-refractivity contribution in [1.82, 2.24) is 4.90 Å². The maximum atomic E-state index is 13.5. The van der Waals surface area contributed by atoms with Crippen LogP contribution in [0, 0.1) is 5.82 Å². The zero-order valence-electron chi connectivity index (χ0n) is 11.6. The van der Waals surface area contributed by atoms with E-state index in [1.807, 2.05) is 6.07 Å². The molecular weight excluding hydrogens is 259 g/mol. The van der Waals surface area contributed by atoms with E-state index in [0.29, 0.717) is 18.9 Å². The third kappa shape index (κ3) is 2.30. The van der Waals surface area contributed by atoms with Gasteiger partial charge < -0.3 is 15.2 Å². The summed E-state index contributed by atoms with van der Waals surface area (Å²) < 4.78 is 24.6. The monoisotopic (exact) mass is 280 g/mol. The van der Waals surface area contributed by atoms with Gasteiger partial charge in [0.2, 0.25) is 0 Å². The molecule has 0 radical (unpaired) electrons. The van der Waals surface area contributed by atoms with Gasteiger partial charge in [0.1, 0.15) is 11.6 Å². The van der Waals surface area contributed by atoms with E-state index >= 15 is 0 Å². The molecular formula is C15H21FN2O2. The highest BCUT2D eigenvalue weighted by molar-refractivity contribution is 5.41. The van der Waals surface area contributed by atoms with Crippen LogP contribution in [0.25, 0.3) is 0 Å². The van der Waals surface area contributed by atoms with Gasteiger partial charge in [-0.15, -0.1) is 0 Å². The van der Waals surface area contributed by atoms with E-state index in [2.05, 4.69) is 4.90 Å². The molecule has 0 spiro atoms. The first-order valence-electron chi connectivity index (χ1n) is 7.22. The van der Waals surface area contributed by atoms with Crippen LogP contribution in [0.15, 0.2) is 18.2 Å². The molecule has 1 aromatic rings. The first-order valence-corrected chi connectivity index (χ1v) is 7.22. The van der Waals surface area contributed by atoms with Crippen LogP contribution in [0.4, 0.5) is 4.39 Å². The smallest absolute Gasteiger partial charge is 0.127 e. The second kappa shape index (κ2) is 5.68. The molecule has 2 heterocycles. The lowest BCUT2D eigenvalue weighted by atomic mass is 9.83. The summed E-state index contributed by atoms with van der Waals surface area (Å²) in [6.07, 6.45) is 1.85. The average Bonchev–Trinajstić information content (AvgIpc) is 2.67. The normalized spacial score (nSPS) is 27.5. The number of morpholine rings is 1. The maximum Gasteiger partial charge on any atom is 0.127 e. The van der Waals surface area contributed by atoms with Gasteiger partial charge in [-0.25, -0.2) is 4.39 Å². The highest BCUT2D eigenvalue weighted by atomic mass is 19.1. The number of hydrogen-bond donors (Lipinski definition) is 1. The number of hydrogen-bond acceptors (Lipinski definition) is 4. The second-order valence-corrected chi connectivity index (χ2v) is 5.43. The van der Waals surface area contributed by atoms with E-state index in [4.69, 9.17) is 15.2 Å². The Morgan fingerprint density at radius 3 is 2.80 bits per heavy atom. The Morgan fingerprint density at radius 2 is 2.05 bits per heavy atom. The summed E-state index contributed by atoms with van der Waals surface area (Å²) in [5.41, 5.74) is 6.91. The van der Waals surface area contributed by atoms with E-state index in [0.717, 1.165) is 44.7 Å². The summed E-state index contributed by atoms with van der Waals surface area (Å²) in [7, 11) is 0. The topological polar surface area (TPSA) is 47.7 Å². The number of benzene rings is 1. The molecule has 4 nitrogen and oxygen atoms in total. The number of nitrogens with zero attached hydrogens (tertiary/aromatic N) is 1. The van der Waals surface area contributed by atoms with Gasteiger partial charge in [-0.3, -0.25) is 4.90 Å². The molecule has 1 aromatic carbocycles. The fraction of sp³-hybridized carbons (Fsp3) is 0.600. The molecule has 0 aliphatic carbocycles. The standard InChI is InChI=1S/C15H21FN2O2/c16-12-2-3-13-14(10-12)20-7-1-4-15(13,11-17)18-5-8-19-9-6-18/h2-3,10H,1,4-9,11,17H2. The number of rotatable bonds is 2. The highest BCUT2D eigenvalue weighted by Gasteiger charge is 2.41. The van der Waals surface area contributed by atoms with Crippen molar-refractivity contribution in [3.05, 3.63) is 29.6 Å². The molecule has 2 N–H and O–H groups in total. The molecule has 20 heavy (non-hydrogen) atoms. The van der Waals surface area contributed by atoms with Gasteiger partial charge in [0, 0.05) is 31.3 Å². The molecule has 3 rings (SSSR count). The summed E-state index contributed by atoms with van der Waals surface area (Å²) in [5.74, 6) is 0.373. The molecule has 1 fully saturated rings. The Hall–Kier alpha value is -1.17. The van der Waals surface area contributed by atoms with Gasteiger partial charge in [-0.05, 0) is 18.9 Å². The minimum Gasteiger partial charge on any atom is -0.493 e. The molecule has 110 valence electrons. The molecule has 0 saturated carbocycles. The fourth-order valence-electron chi connectivity index (χ4n) is 3.34. The summed E-state index contributed by atoms with van der Waals surface area (Å²) in [6.45, 7) is 4.28. The van der Waals surface area contributed by atoms with Crippen LogP contribution in [0.1, 0.15) is 18.4 Å². The van der Waals surface area contributed by atoms with Gasteiger partial charge in [-0.2, -0.15) is 0 Å². The van der Waals surface area contributed by atoms with Crippen molar-refractivity contribution in [2.45, 2.75) is 18.4 Å². The minimum atomic E-state index is -0.265. The lowest BCUT2D eigenvalue weighted by Gasteiger charge is -2.45. The van der Waals surface area contributed by atoms with Crippen LogP contribution in [-0.2, 0) is 10.3 Å². The quantitative estimate of drug-likeness (QED) is 0.891. The molecule has 1 unspecified atom stereocenters. The van der Waals surface area contributed by atoms with Gasteiger partial charge in [0.25, 0.3) is 0 Å². The molecule has 2 aliphatic heterocycles. The third-order valence-electron chi connectivity index (χ3n) is 4.39. The Bertz CT molecular complexity index is 477. The first-order chi connectivity index (χ1) is 9.76. The van der Waals surface area contributed by atoms with Crippen molar-refractivity contribution in [1.29, 1.82) is 0 Å². The van der Waals surface area contributed by atoms with Crippen molar-refractivity contribution in [3.63, 3.8) is 0 Å². The maximum absolute atomic E-state index is 13.5. The number of ether oxygens (including phenoxy) is 2. The van der Waals surface area contributed by atoms with Crippen LogP contribution in [0.2, 0.25) is 0 Å². The van der Waals surface area contributed by atoms with E-state index in [1.165, 1.54) is 12.1 Å². The van der Waals surface area contributed by atoms with Crippen LogP contribution in [0.3, 0.4) is 0 Å². The molecule has 1 atom stereocenters. The van der Waals surface area contributed by atoms with E-state index in [9.17, 15) is 4.39 Å². The zero-order valence-corrected chi connectivity index (χ0v) is 11.6. The van der Waals surface area contributed by atoms with Gasteiger partial charge in [0.15, 0.2) is 0 Å². The van der Waals surface area contributed by atoms with Crippen LogP contribution in [0.5, 0.6) is 5.75 Å². The van der Waals surface area contributed by atoms with Crippen LogP contribution < -0.4 is 10.5 Å². The van der Waals surface area contributed by atoms with Crippen molar-refractivity contribution >= 4 is 0 Å².